The van der Waals surface area contributed by atoms with Crippen LogP contribution in [0.15, 0.2) is 29.2 Å². The summed E-state index contributed by atoms with van der Waals surface area (Å²) in [5.74, 6) is 0. The van der Waals surface area contributed by atoms with Gasteiger partial charge < -0.3 is 11.1 Å². The van der Waals surface area contributed by atoms with Crippen LogP contribution in [0.4, 0.5) is 5.69 Å². The van der Waals surface area contributed by atoms with Gasteiger partial charge in [0.2, 0.25) is 10.0 Å². The van der Waals surface area contributed by atoms with Gasteiger partial charge in [-0.2, -0.15) is 0 Å². The SMILES string of the molecule is CCNS(=O)(=O)c1ccc(N[C@@H]2CCCC[C@H]2N)cc1. The van der Waals surface area contributed by atoms with Crippen molar-refractivity contribution in [2.45, 2.75) is 49.6 Å². The summed E-state index contributed by atoms with van der Waals surface area (Å²) in [5, 5.41) is 3.40. The van der Waals surface area contributed by atoms with Crippen molar-refractivity contribution in [3.05, 3.63) is 24.3 Å². The minimum atomic E-state index is -3.37. The van der Waals surface area contributed by atoms with E-state index >= 15 is 0 Å². The van der Waals surface area contributed by atoms with Gasteiger partial charge in [0, 0.05) is 24.3 Å². The van der Waals surface area contributed by atoms with E-state index in [1.54, 1.807) is 31.2 Å². The minimum absolute atomic E-state index is 0.175. The van der Waals surface area contributed by atoms with Gasteiger partial charge >= 0.3 is 0 Å². The molecule has 112 valence electrons. The van der Waals surface area contributed by atoms with E-state index in [0.29, 0.717) is 6.54 Å². The third kappa shape index (κ3) is 3.71. The molecule has 4 N–H and O–H groups in total. The summed E-state index contributed by atoms with van der Waals surface area (Å²) in [6.07, 6.45) is 4.50. The molecule has 0 aliphatic heterocycles. The molecule has 6 heteroatoms. The summed E-state index contributed by atoms with van der Waals surface area (Å²) in [6.45, 7) is 2.15. The Morgan fingerprint density at radius 2 is 1.85 bits per heavy atom. The van der Waals surface area contributed by atoms with Crippen LogP contribution in [0.25, 0.3) is 0 Å². The molecule has 0 radical (unpaired) electrons. The van der Waals surface area contributed by atoms with Gasteiger partial charge in [0.25, 0.3) is 0 Å². The van der Waals surface area contributed by atoms with Gasteiger partial charge in [-0.3, -0.25) is 0 Å². The molecule has 0 spiro atoms. The van der Waals surface area contributed by atoms with Crippen molar-refractivity contribution in [3.63, 3.8) is 0 Å². The quantitative estimate of drug-likeness (QED) is 0.772. The molecule has 1 saturated carbocycles. The molecule has 5 nitrogen and oxygen atoms in total. The lowest BCUT2D eigenvalue weighted by atomic mass is 9.91. The highest BCUT2D eigenvalue weighted by Gasteiger charge is 2.21. The molecule has 0 unspecified atom stereocenters. The van der Waals surface area contributed by atoms with E-state index in [9.17, 15) is 8.42 Å². The molecule has 2 atom stereocenters. The highest BCUT2D eigenvalue weighted by atomic mass is 32.2. The van der Waals surface area contributed by atoms with E-state index in [4.69, 9.17) is 5.73 Å². The zero-order valence-electron chi connectivity index (χ0n) is 11.8. The Labute approximate surface area is 121 Å². The first kappa shape index (κ1) is 15.3. The molecule has 1 aliphatic carbocycles. The normalized spacial score (nSPS) is 23.5. The smallest absolute Gasteiger partial charge is 0.240 e. The van der Waals surface area contributed by atoms with Gasteiger partial charge in [-0.1, -0.05) is 19.8 Å². The van der Waals surface area contributed by atoms with E-state index in [0.717, 1.165) is 18.5 Å². The predicted molar refractivity (Wildman–Crippen MR) is 81.2 cm³/mol. The molecule has 0 amide bonds. The molecular weight excluding hydrogens is 274 g/mol. The Bertz CT molecular complexity index is 528. The number of nitrogens with one attached hydrogen (secondary N) is 2. The summed E-state index contributed by atoms with van der Waals surface area (Å²) in [5.41, 5.74) is 7.02. The van der Waals surface area contributed by atoms with Crippen LogP contribution in [-0.2, 0) is 10.0 Å². The van der Waals surface area contributed by atoms with Crippen molar-refractivity contribution >= 4 is 15.7 Å². The fraction of sp³-hybridized carbons (Fsp3) is 0.571. The Morgan fingerprint density at radius 3 is 2.45 bits per heavy atom. The fourth-order valence-electron chi connectivity index (χ4n) is 2.56. The Morgan fingerprint density at radius 1 is 1.20 bits per heavy atom. The highest BCUT2D eigenvalue weighted by molar-refractivity contribution is 7.89. The number of nitrogens with two attached hydrogens (primary N) is 1. The summed E-state index contributed by atoms with van der Waals surface area (Å²) in [6, 6.07) is 7.29. The average molecular weight is 297 g/mol. The number of hydrogen-bond acceptors (Lipinski definition) is 4. The van der Waals surface area contributed by atoms with Gasteiger partial charge in [0.1, 0.15) is 0 Å². The third-order valence-electron chi connectivity index (χ3n) is 3.67. The second kappa shape index (κ2) is 6.56. The molecule has 0 aromatic heterocycles. The van der Waals surface area contributed by atoms with E-state index in [1.165, 1.54) is 12.8 Å². The number of sulfonamides is 1. The maximum Gasteiger partial charge on any atom is 0.240 e. The van der Waals surface area contributed by atoms with Crippen molar-refractivity contribution in [1.29, 1.82) is 0 Å². The summed E-state index contributed by atoms with van der Waals surface area (Å²) < 4.78 is 26.1. The number of anilines is 1. The van der Waals surface area contributed by atoms with Crippen molar-refractivity contribution in [1.82, 2.24) is 4.72 Å². The van der Waals surface area contributed by atoms with Crippen LogP contribution < -0.4 is 15.8 Å². The van der Waals surface area contributed by atoms with Gasteiger partial charge in [0.15, 0.2) is 0 Å². The first-order chi connectivity index (χ1) is 9.53. The molecule has 1 aromatic carbocycles. The van der Waals surface area contributed by atoms with Crippen molar-refractivity contribution < 1.29 is 8.42 Å². The molecule has 0 saturated heterocycles. The van der Waals surface area contributed by atoms with Gasteiger partial charge in [-0.05, 0) is 37.1 Å². The maximum atomic E-state index is 11.8. The molecule has 2 rings (SSSR count). The van der Waals surface area contributed by atoms with E-state index in [-0.39, 0.29) is 17.0 Å². The van der Waals surface area contributed by atoms with Crippen LogP contribution in [-0.4, -0.2) is 27.0 Å². The average Bonchev–Trinajstić information content (AvgIpc) is 2.42. The van der Waals surface area contributed by atoms with Crippen LogP contribution in [0.5, 0.6) is 0 Å². The van der Waals surface area contributed by atoms with Crippen LogP contribution >= 0.6 is 0 Å². The molecule has 1 fully saturated rings. The molecule has 0 heterocycles. The van der Waals surface area contributed by atoms with E-state index in [2.05, 4.69) is 10.0 Å². The van der Waals surface area contributed by atoms with Crippen LogP contribution in [0.3, 0.4) is 0 Å². The molecule has 20 heavy (non-hydrogen) atoms. The lowest BCUT2D eigenvalue weighted by molar-refractivity contribution is 0.404. The predicted octanol–water partition coefficient (Wildman–Crippen LogP) is 1.67. The van der Waals surface area contributed by atoms with Crippen LogP contribution in [0.2, 0.25) is 0 Å². The second-order valence-electron chi connectivity index (χ2n) is 5.22. The second-order valence-corrected chi connectivity index (χ2v) is 6.99. The third-order valence-corrected chi connectivity index (χ3v) is 5.23. The van der Waals surface area contributed by atoms with Gasteiger partial charge in [-0.15, -0.1) is 0 Å². The summed E-state index contributed by atoms with van der Waals surface area (Å²) >= 11 is 0. The van der Waals surface area contributed by atoms with Gasteiger partial charge in [0.05, 0.1) is 4.90 Å². The number of benzene rings is 1. The Balaban J connectivity index is 2.05. The summed E-state index contributed by atoms with van der Waals surface area (Å²) in [7, 11) is -3.37. The zero-order valence-corrected chi connectivity index (χ0v) is 12.6. The molecular formula is C14H23N3O2S. The van der Waals surface area contributed by atoms with Crippen LogP contribution in [0.1, 0.15) is 32.6 Å². The van der Waals surface area contributed by atoms with Crippen molar-refractivity contribution in [2.24, 2.45) is 5.73 Å². The maximum absolute atomic E-state index is 11.8. The monoisotopic (exact) mass is 297 g/mol. The van der Waals surface area contributed by atoms with Gasteiger partial charge in [-0.25, -0.2) is 13.1 Å². The molecule has 1 aliphatic rings. The Kier molecular flexibility index (Phi) is 5.01. The number of rotatable bonds is 5. The van der Waals surface area contributed by atoms with Crippen LogP contribution in [0, 0.1) is 0 Å². The lowest BCUT2D eigenvalue weighted by Crippen LogP contribution is -2.42. The number of hydrogen-bond donors (Lipinski definition) is 3. The standard InChI is InChI=1S/C14H23N3O2S/c1-2-16-20(18,19)12-9-7-11(8-10-12)17-14-6-4-3-5-13(14)15/h7-10,13-14,16-17H,2-6,15H2,1H3/t13-,14-/m1/s1. The minimum Gasteiger partial charge on any atom is -0.381 e. The van der Waals surface area contributed by atoms with Crippen molar-refractivity contribution in [3.8, 4) is 0 Å². The zero-order chi connectivity index (χ0) is 14.6. The largest absolute Gasteiger partial charge is 0.381 e. The van der Waals surface area contributed by atoms with E-state index in [1.807, 2.05) is 0 Å². The highest BCUT2D eigenvalue weighted by Crippen LogP contribution is 2.22. The Hall–Kier alpha value is -1.11. The fourth-order valence-corrected chi connectivity index (χ4v) is 3.60. The van der Waals surface area contributed by atoms with E-state index < -0.39 is 10.0 Å². The first-order valence-electron chi connectivity index (χ1n) is 7.15. The molecule has 1 aromatic rings. The topological polar surface area (TPSA) is 84.2 Å². The first-order valence-corrected chi connectivity index (χ1v) is 8.63. The summed E-state index contributed by atoms with van der Waals surface area (Å²) in [4.78, 5) is 0.290. The van der Waals surface area contributed by atoms with Crippen molar-refractivity contribution in [2.75, 3.05) is 11.9 Å². The lowest BCUT2D eigenvalue weighted by Gasteiger charge is -2.30. The molecule has 0 bridgehead atoms.